The minimum Gasteiger partial charge on any atom is -0.301 e. The second kappa shape index (κ2) is 11.8. The van der Waals surface area contributed by atoms with Crippen molar-refractivity contribution in [3.8, 4) is 11.3 Å². The van der Waals surface area contributed by atoms with E-state index in [1.54, 1.807) is 12.2 Å². The van der Waals surface area contributed by atoms with E-state index in [4.69, 9.17) is 0 Å². The molecule has 2 aromatic rings. The number of hydrogen-bond donors (Lipinski definition) is 0. The molecular weight excluding hydrogens is 316 g/mol. The van der Waals surface area contributed by atoms with Gasteiger partial charge in [-0.2, -0.15) is 0 Å². The molecule has 0 saturated heterocycles. The van der Waals surface area contributed by atoms with E-state index in [9.17, 15) is 0 Å². The van der Waals surface area contributed by atoms with Gasteiger partial charge in [-0.1, -0.05) is 88.6 Å². The first-order valence-electron chi connectivity index (χ1n) is 8.93. The Labute approximate surface area is 158 Å². The van der Waals surface area contributed by atoms with Gasteiger partial charge in [0.15, 0.2) is 0 Å². The van der Waals surface area contributed by atoms with E-state index in [0.717, 1.165) is 28.4 Å². The zero-order valence-corrected chi connectivity index (χ0v) is 16.4. The molecule has 2 nitrogen and oxygen atoms in total. The molecule has 2 rings (SSSR count). The molecule has 0 amide bonds. The van der Waals surface area contributed by atoms with Crippen LogP contribution in [-0.2, 0) is 0 Å². The van der Waals surface area contributed by atoms with Crippen molar-refractivity contribution < 1.29 is 0 Å². The van der Waals surface area contributed by atoms with Crippen LogP contribution in [0, 0.1) is 11.8 Å². The molecule has 1 heterocycles. The Hall–Kier alpha value is -2.74. The smallest absolute Gasteiger partial charge is 0.0709 e. The van der Waals surface area contributed by atoms with Gasteiger partial charge in [-0.15, -0.1) is 0 Å². The van der Waals surface area contributed by atoms with Crippen molar-refractivity contribution in [1.82, 2.24) is 4.98 Å². The van der Waals surface area contributed by atoms with Crippen molar-refractivity contribution in [2.24, 2.45) is 16.8 Å². The standard InChI is InChI=1S/C17H15N.C7H15N/c1-3-9-14(4-2)16-12-8-13-17(18-16)15-10-6-5-7-11-15;1-6(2)7(3)5-8-4/h3-13H,1-2H2;5-7H,1-4H3/b14-9+;. The number of nitrogens with zero attached hydrogens (tertiary/aromatic N) is 2. The average molecular weight is 347 g/mol. The predicted molar refractivity (Wildman–Crippen MR) is 116 cm³/mol. The lowest BCUT2D eigenvalue weighted by Crippen LogP contribution is -2.04. The monoisotopic (exact) mass is 346 g/mol. The normalized spacial score (nSPS) is 12.4. The highest BCUT2D eigenvalue weighted by atomic mass is 14.7. The molecule has 1 aromatic carbocycles. The molecule has 0 aliphatic rings. The van der Waals surface area contributed by atoms with Crippen molar-refractivity contribution >= 4 is 11.8 Å². The van der Waals surface area contributed by atoms with Crippen LogP contribution in [0.5, 0.6) is 0 Å². The largest absolute Gasteiger partial charge is 0.301 e. The van der Waals surface area contributed by atoms with Gasteiger partial charge in [0.2, 0.25) is 0 Å². The number of aromatic nitrogens is 1. The number of allylic oxidation sites excluding steroid dienone is 4. The van der Waals surface area contributed by atoms with Crippen LogP contribution >= 0.6 is 0 Å². The van der Waals surface area contributed by atoms with Crippen molar-refractivity contribution in [3.05, 3.63) is 85.6 Å². The summed E-state index contributed by atoms with van der Waals surface area (Å²) in [6, 6.07) is 16.1. The Morgan fingerprint density at radius 3 is 2.19 bits per heavy atom. The summed E-state index contributed by atoms with van der Waals surface area (Å²) in [7, 11) is 1.82. The van der Waals surface area contributed by atoms with Gasteiger partial charge in [0.1, 0.15) is 0 Å². The van der Waals surface area contributed by atoms with E-state index in [-0.39, 0.29) is 0 Å². The molecule has 2 heteroatoms. The van der Waals surface area contributed by atoms with E-state index in [1.165, 1.54) is 0 Å². The van der Waals surface area contributed by atoms with Crippen LogP contribution in [0.15, 0.2) is 84.9 Å². The molecule has 0 aliphatic carbocycles. The Kier molecular flexibility index (Phi) is 9.63. The second-order valence-electron chi connectivity index (χ2n) is 6.35. The summed E-state index contributed by atoms with van der Waals surface area (Å²) < 4.78 is 0. The minimum atomic E-state index is 0.625. The van der Waals surface area contributed by atoms with Gasteiger partial charge in [-0.3, -0.25) is 0 Å². The molecule has 136 valence electrons. The van der Waals surface area contributed by atoms with Crippen LogP contribution in [0.2, 0.25) is 0 Å². The third-order valence-electron chi connectivity index (χ3n) is 4.07. The Morgan fingerprint density at radius 1 is 1.00 bits per heavy atom. The topological polar surface area (TPSA) is 25.2 Å². The highest BCUT2D eigenvalue weighted by Gasteiger charge is 2.02. The van der Waals surface area contributed by atoms with Crippen LogP contribution in [0.3, 0.4) is 0 Å². The van der Waals surface area contributed by atoms with E-state index < -0.39 is 0 Å². The molecule has 1 unspecified atom stereocenters. The quantitative estimate of drug-likeness (QED) is 0.434. The SMILES string of the molecule is C=C/C=C(\C=C)c1cccc(-c2ccccc2)n1.CN=CC(C)C(C)C. The van der Waals surface area contributed by atoms with E-state index in [1.807, 2.05) is 55.7 Å². The molecule has 0 saturated carbocycles. The number of rotatable bonds is 6. The summed E-state index contributed by atoms with van der Waals surface area (Å²) in [6.45, 7) is 14.1. The van der Waals surface area contributed by atoms with Crippen molar-refractivity contribution in [2.75, 3.05) is 7.05 Å². The molecular formula is C24H30N2. The molecule has 0 aliphatic heterocycles. The number of hydrogen-bond acceptors (Lipinski definition) is 2. The number of aliphatic imine (C=N–C) groups is 1. The fraction of sp³-hybridized carbons (Fsp3) is 0.250. The van der Waals surface area contributed by atoms with Gasteiger partial charge in [-0.05, 0) is 29.5 Å². The van der Waals surface area contributed by atoms with Gasteiger partial charge in [0, 0.05) is 18.8 Å². The molecule has 1 aromatic heterocycles. The second-order valence-corrected chi connectivity index (χ2v) is 6.35. The first-order valence-corrected chi connectivity index (χ1v) is 8.93. The maximum Gasteiger partial charge on any atom is 0.0709 e. The van der Waals surface area contributed by atoms with E-state index in [0.29, 0.717) is 5.92 Å². The average Bonchev–Trinajstić information content (AvgIpc) is 2.67. The lowest BCUT2D eigenvalue weighted by Gasteiger charge is -2.07. The third kappa shape index (κ3) is 7.02. The van der Waals surface area contributed by atoms with Crippen molar-refractivity contribution in [3.63, 3.8) is 0 Å². The fourth-order valence-corrected chi connectivity index (χ4v) is 2.16. The highest BCUT2D eigenvalue weighted by Crippen LogP contribution is 2.20. The Bertz CT molecular complexity index is 740. The van der Waals surface area contributed by atoms with Gasteiger partial charge in [0.25, 0.3) is 0 Å². The van der Waals surface area contributed by atoms with E-state index in [2.05, 4.69) is 56.0 Å². The molecule has 0 bridgehead atoms. The Morgan fingerprint density at radius 2 is 1.69 bits per heavy atom. The lowest BCUT2D eigenvalue weighted by molar-refractivity contribution is 0.540. The van der Waals surface area contributed by atoms with Crippen LogP contribution in [0.25, 0.3) is 16.8 Å². The zero-order valence-electron chi connectivity index (χ0n) is 16.4. The summed E-state index contributed by atoms with van der Waals surface area (Å²) in [6.07, 6.45) is 7.43. The van der Waals surface area contributed by atoms with Crippen molar-refractivity contribution in [2.45, 2.75) is 20.8 Å². The van der Waals surface area contributed by atoms with Gasteiger partial charge in [-0.25, -0.2) is 4.98 Å². The number of pyridine rings is 1. The predicted octanol–water partition coefficient (Wildman–Crippen LogP) is 6.48. The van der Waals surface area contributed by atoms with Crippen LogP contribution in [0.1, 0.15) is 26.5 Å². The molecule has 26 heavy (non-hydrogen) atoms. The van der Waals surface area contributed by atoms with Gasteiger partial charge >= 0.3 is 0 Å². The fourth-order valence-electron chi connectivity index (χ4n) is 2.16. The van der Waals surface area contributed by atoms with Crippen LogP contribution in [-0.4, -0.2) is 18.2 Å². The van der Waals surface area contributed by atoms with E-state index >= 15 is 0 Å². The number of benzene rings is 1. The van der Waals surface area contributed by atoms with Crippen LogP contribution in [0.4, 0.5) is 0 Å². The molecule has 0 radical (unpaired) electrons. The summed E-state index contributed by atoms with van der Waals surface area (Å²) in [5.74, 6) is 1.35. The highest BCUT2D eigenvalue weighted by molar-refractivity contribution is 5.74. The maximum absolute atomic E-state index is 4.65. The van der Waals surface area contributed by atoms with Gasteiger partial charge in [0.05, 0.1) is 11.4 Å². The molecule has 0 fully saturated rings. The maximum atomic E-state index is 4.65. The zero-order chi connectivity index (χ0) is 19.4. The summed E-state index contributed by atoms with van der Waals surface area (Å²) in [5, 5.41) is 0. The van der Waals surface area contributed by atoms with Crippen LogP contribution < -0.4 is 0 Å². The molecule has 0 N–H and O–H groups in total. The summed E-state index contributed by atoms with van der Waals surface area (Å²) >= 11 is 0. The van der Waals surface area contributed by atoms with Crippen molar-refractivity contribution in [1.29, 1.82) is 0 Å². The first-order chi connectivity index (χ1) is 12.5. The third-order valence-corrected chi connectivity index (χ3v) is 4.07. The minimum absolute atomic E-state index is 0.625. The Balaban J connectivity index is 0.000000359. The first kappa shape index (κ1) is 21.3. The summed E-state index contributed by atoms with van der Waals surface area (Å²) in [5.41, 5.74) is 3.96. The molecule has 0 spiro atoms. The molecule has 1 atom stereocenters. The summed E-state index contributed by atoms with van der Waals surface area (Å²) in [4.78, 5) is 8.58. The van der Waals surface area contributed by atoms with Gasteiger partial charge < -0.3 is 4.99 Å². The lowest BCUT2D eigenvalue weighted by atomic mass is 10.00.